The molecule has 0 bridgehead atoms. The first kappa shape index (κ1) is 52.2. The highest BCUT2D eigenvalue weighted by atomic mass is 16.5. The normalized spacial score (nSPS) is 10.6. The van der Waals surface area contributed by atoms with E-state index in [0.29, 0.717) is 32.4 Å². The average molecular weight is 636 g/mol. The Morgan fingerprint density at radius 1 is 0.733 bits per heavy atom. The Hall–Kier alpha value is -2.37. The summed E-state index contributed by atoms with van der Waals surface area (Å²) in [5, 5.41) is 3.03. The summed E-state index contributed by atoms with van der Waals surface area (Å²) in [5.41, 5.74) is 4.67. The van der Waals surface area contributed by atoms with Gasteiger partial charge in [0.1, 0.15) is 31.0 Å². The third kappa shape index (κ3) is 31.4. The molecule has 2 aromatic carbocycles. The lowest BCUT2D eigenvalue weighted by atomic mass is 10.1. The van der Waals surface area contributed by atoms with Gasteiger partial charge in [-0.05, 0) is 62.4 Å². The van der Waals surface area contributed by atoms with Crippen molar-refractivity contribution in [3.63, 3.8) is 0 Å². The molecule has 3 rings (SSSR count). The summed E-state index contributed by atoms with van der Waals surface area (Å²) in [7, 11) is 1.80. The maximum absolute atomic E-state index is 10.3. The molecule has 0 atom stereocenters. The van der Waals surface area contributed by atoms with Crippen LogP contribution in [-0.2, 0) is 16.1 Å². The van der Waals surface area contributed by atoms with Crippen molar-refractivity contribution in [3.8, 4) is 11.5 Å². The molecule has 1 saturated carbocycles. The Bertz CT molecular complexity index is 791. The Morgan fingerprint density at radius 3 is 1.56 bits per heavy atom. The minimum Gasteiger partial charge on any atom is -0.490 e. The molecule has 1 N–H and O–H groups in total. The van der Waals surface area contributed by atoms with E-state index in [9.17, 15) is 4.79 Å². The molecule has 1 fully saturated rings. The van der Waals surface area contributed by atoms with Crippen LogP contribution in [0.1, 0.15) is 144 Å². The van der Waals surface area contributed by atoms with Crippen LogP contribution in [-0.4, -0.2) is 39.3 Å². The number of benzene rings is 2. The number of nitrogens with one attached hydrogen (secondary N) is 1. The first-order chi connectivity index (χ1) is 21.9. The fourth-order valence-electron chi connectivity index (χ4n) is 3.80. The molecule has 45 heavy (non-hydrogen) atoms. The zero-order valence-corrected chi connectivity index (χ0v) is 32.8. The van der Waals surface area contributed by atoms with Crippen molar-refractivity contribution in [2.24, 2.45) is 0 Å². The molecule has 0 amide bonds. The van der Waals surface area contributed by atoms with E-state index in [1.54, 1.807) is 7.11 Å². The van der Waals surface area contributed by atoms with Crippen LogP contribution >= 0.6 is 0 Å². The predicted molar refractivity (Wildman–Crippen MR) is 202 cm³/mol. The van der Waals surface area contributed by atoms with Crippen molar-refractivity contribution in [3.05, 3.63) is 58.7 Å². The molecule has 5 nitrogen and oxygen atoms in total. The van der Waals surface area contributed by atoms with Crippen molar-refractivity contribution in [1.29, 1.82) is 0 Å². The number of methoxy groups -OCH3 is 1. The number of aldehydes is 1. The number of aryl methyl sites for hydroxylation is 3. The third-order valence-corrected chi connectivity index (χ3v) is 5.82. The SMILES string of the molecule is CC.CC.CC.CC.CC.CCCC.COC1CCCC1.Cc1cc(C)c(OCCOc2ccc(CNCC=O)cc2)c(C)c1. The van der Waals surface area contributed by atoms with Crippen molar-refractivity contribution in [1.82, 2.24) is 5.32 Å². The quantitative estimate of drug-likeness (QED) is 0.197. The average Bonchev–Trinajstić information content (AvgIpc) is 3.64. The number of ether oxygens (including phenoxy) is 3. The zero-order valence-electron chi connectivity index (χ0n) is 32.8. The largest absolute Gasteiger partial charge is 0.490 e. The van der Waals surface area contributed by atoms with Gasteiger partial charge in [-0.1, -0.05) is 139 Å². The van der Waals surface area contributed by atoms with Crippen molar-refractivity contribution in [2.45, 2.75) is 155 Å². The van der Waals surface area contributed by atoms with Crippen LogP contribution in [0.15, 0.2) is 36.4 Å². The Labute approximate surface area is 282 Å². The van der Waals surface area contributed by atoms with Gasteiger partial charge in [0.2, 0.25) is 0 Å². The number of hydrogen-bond acceptors (Lipinski definition) is 5. The molecule has 1 aliphatic carbocycles. The summed E-state index contributed by atoms with van der Waals surface area (Å²) in [6.07, 6.45) is 9.42. The summed E-state index contributed by atoms with van der Waals surface area (Å²) < 4.78 is 16.7. The van der Waals surface area contributed by atoms with Crippen LogP contribution in [0.2, 0.25) is 0 Å². The lowest BCUT2D eigenvalue weighted by Crippen LogP contribution is -2.15. The summed E-state index contributed by atoms with van der Waals surface area (Å²) >= 11 is 0. The van der Waals surface area contributed by atoms with Gasteiger partial charge in [-0.2, -0.15) is 0 Å². The number of rotatable bonds is 11. The van der Waals surface area contributed by atoms with Crippen LogP contribution < -0.4 is 14.8 Å². The number of hydrogen-bond donors (Lipinski definition) is 1. The first-order valence-electron chi connectivity index (χ1n) is 18.0. The van der Waals surface area contributed by atoms with Gasteiger partial charge in [-0.15, -0.1) is 0 Å². The second-order valence-electron chi connectivity index (χ2n) is 9.01. The number of carbonyl (C=O) groups excluding carboxylic acids is 1. The Balaban J connectivity index is -0.000000209. The highest BCUT2D eigenvalue weighted by Crippen LogP contribution is 2.24. The van der Waals surface area contributed by atoms with Crippen LogP contribution in [0.3, 0.4) is 0 Å². The zero-order chi connectivity index (χ0) is 35.9. The topological polar surface area (TPSA) is 56.8 Å². The maximum atomic E-state index is 10.3. The standard InChI is InChI=1S/C20H25NO3.C6H12O.C4H10.5C2H6/c1-15-12-16(2)20(17(3)13-15)24-11-10-23-19-6-4-18(5-7-19)14-21-8-9-22;1-7-6-4-2-3-5-6;1-3-4-2;5*1-2/h4-7,9,12-13,21H,8,10-11,14H2,1-3H3;6H,2-5H2,1H3;3-4H2,1-2H3;5*1-2H3. The number of carbonyl (C=O) groups is 1. The molecule has 5 heteroatoms. The Kier molecular flexibility index (Phi) is 50.7. The Morgan fingerprint density at radius 2 is 1.18 bits per heavy atom. The second kappa shape index (κ2) is 43.8. The maximum Gasteiger partial charge on any atom is 0.133 e. The lowest BCUT2D eigenvalue weighted by molar-refractivity contribution is -0.107. The minimum atomic E-state index is 0.368. The van der Waals surface area contributed by atoms with E-state index in [-0.39, 0.29) is 0 Å². The van der Waals surface area contributed by atoms with Crippen molar-refractivity contribution >= 4 is 6.29 Å². The first-order valence-corrected chi connectivity index (χ1v) is 18.0. The predicted octanol–water partition coefficient (Wildman–Crippen LogP) is 11.9. The molecule has 0 aromatic heterocycles. The van der Waals surface area contributed by atoms with Gasteiger partial charge >= 0.3 is 0 Å². The smallest absolute Gasteiger partial charge is 0.133 e. The van der Waals surface area contributed by atoms with Crippen LogP contribution in [0, 0.1) is 20.8 Å². The minimum absolute atomic E-state index is 0.368. The van der Waals surface area contributed by atoms with E-state index in [1.807, 2.05) is 93.5 Å². The van der Waals surface area contributed by atoms with E-state index >= 15 is 0 Å². The summed E-state index contributed by atoms with van der Waals surface area (Å²) in [5.74, 6) is 1.76. The molecule has 266 valence electrons. The van der Waals surface area contributed by atoms with Crippen LogP contribution in [0.5, 0.6) is 11.5 Å². The lowest BCUT2D eigenvalue weighted by Gasteiger charge is -2.13. The molecule has 0 radical (unpaired) electrons. The molecule has 0 spiro atoms. The second-order valence-corrected chi connectivity index (χ2v) is 9.01. The van der Waals surface area contributed by atoms with E-state index in [2.05, 4.69) is 52.1 Å². The van der Waals surface area contributed by atoms with Gasteiger partial charge in [0, 0.05) is 13.7 Å². The molecular weight excluding hydrogens is 558 g/mol. The summed E-state index contributed by atoms with van der Waals surface area (Å²) in [6, 6.07) is 12.1. The summed E-state index contributed by atoms with van der Waals surface area (Å²) in [6.45, 7) is 32.6. The summed E-state index contributed by atoms with van der Waals surface area (Å²) in [4.78, 5) is 10.3. The highest BCUT2D eigenvalue weighted by molar-refractivity contribution is 5.51. The van der Waals surface area contributed by atoms with Crippen molar-refractivity contribution < 1.29 is 19.0 Å². The van der Waals surface area contributed by atoms with E-state index in [1.165, 1.54) is 44.1 Å². The fraction of sp³-hybridized carbons (Fsp3) is 0.675. The van der Waals surface area contributed by atoms with Crippen LogP contribution in [0.25, 0.3) is 0 Å². The van der Waals surface area contributed by atoms with Crippen LogP contribution in [0.4, 0.5) is 0 Å². The molecule has 2 aromatic rings. The number of unbranched alkanes of at least 4 members (excludes halogenated alkanes) is 1. The molecule has 0 unspecified atom stereocenters. The molecule has 0 aliphatic heterocycles. The van der Waals surface area contributed by atoms with E-state index < -0.39 is 0 Å². The van der Waals surface area contributed by atoms with Gasteiger partial charge in [0.15, 0.2) is 0 Å². The van der Waals surface area contributed by atoms with Gasteiger partial charge < -0.3 is 24.3 Å². The molecular formula is C40H77NO4. The van der Waals surface area contributed by atoms with Crippen molar-refractivity contribution in [2.75, 3.05) is 26.9 Å². The van der Waals surface area contributed by atoms with Gasteiger partial charge in [0.25, 0.3) is 0 Å². The highest BCUT2D eigenvalue weighted by Gasteiger charge is 2.12. The molecule has 0 saturated heterocycles. The third-order valence-electron chi connectivity index (χ3n) is 5.82. The van der Waals surface area contributed by atoms with E-state index in [4.69, 9.17) is 14.2 Å². The molecule has 1 aliphatic rings. The monoisotopic (exact) mass is 636 g/mol. The van der Waals surface area contributed by atoms with Gasteiger partial charge in [-0.25, -0.2) is 0 Å². The fourth-order valence-corrected chi connectivity index (χ4v) is 3.80. The van der Waals surface area contributed by atoms with Gasteiger partial charge in [0.05, 0.1) is 12.6 Å². The van der Waals surface area contributed by atoms with E-state index in [0.717, 1.165) is 34.5 Å². The molecule has 0 heterocycles. The van der Waals surface area contributed by atoms with Gasteiger partial charge in [-0.3, -0.25) is 0 Å².